The number of nitrogens with zero attached hydrogens (tertiary/aromatic N) is 3. The number of hydrogen-bond donors (Lipinski definition) is 1. The molecule has 0 atom stereocenters. The number of fused-ring (bicyclic) bond motifs is 1. The summed E-state index contributed by atoms with van der Waals surface area (Å²) in [5.74, 6) is 2.34. The molecule has 2 aromatic heterocycles. The lowest BCUT2D eigenvalue weighted by Crippen LogP contribution is -2.25. The van der Waals surface area contributed by atoms with Crippen molar-refractivity contribution >= 4 is 16.9 Å². The van der Waals surface area contributed by atoms with Crippen molar-refractivity contribution < 1.29 is 9.53 Å². The summed E-state index contributed by atoms with van der Waals surface area (Å²) in [7, 11) is 0. The zero-order chi connectivity index (χ0) is 23.8. The van der Waals surface area contributed by atoms with Crippen molar-refractivity contribution in [2.75, 3.05) is 13.2 Å². The third kappa shape index (κ3) is 5.81. The first kappa shape index (κ1) is 23.5. The number of hydrogen-bond acceptors (Lipinski definition) is 4. The lowest BCUT2D eigenvalue weighted by molar-refractivity contribution is 0.0952. The summed E-state index contributed by atoms with van der Waals surface area (Å²) in [6.07, 6.45) is 5.73. The second-order valence-electron chi connectivity index (χ2n) is 8.66. The zero-order valence-corrected chi connectivity index (χ0v) is 19.9. The van der Waals surface area contributed by atoms with Crippen molar-refractivity contribution in [3.63, 3.8) is 0 Å². The van der Waals surface area contributed by atoms with E-state index >= 15 is 0 Å². The van der Waals surface area contributed by atoms with Gasteiger partial charge in [0.25, 0.3) is 5.91 Å². The standard InChI is InChI=1S/C28H32N4O2/c1-21(2)23-11-3-6-14-26(23)34-19-9-18-32-25-13-5-4-12-24(25)31-27(32)15-8-17-30-28(33)22-10-7-16-29-20-22/h3-7,10-14,16,20-21H,8-9,15,17-19H2,1-2H3,(H,30,33). The zero-order valence-electron chi connectivity index (χ0n) is 19.9. The SMILES string of the molecule is CC(C)c1ccccc1OCCCn1c(CCCNC(=O)c2cccnc2)nc2ccccc21. The van der Waals surface area contributed by atoms with Crippen molar-refractivity contribution in [3.8, 4) is 5.75 Å². The molecule has 0 spiro atoms. The van der Waals surface area contributed by atoms with Gasteiger partial charge < -0.3 is 14.6 Å². The fourth-order valence-corrected chi connectivity index (χ4v) is 4.11. The minimum atomic E-state index is -0.0968. The number of amides is 1. The molecule has 0 fully saturated rings. The molecule has 0 aliphatic carbocycles. The highest BCUT2D eigenvalue weighted by atomic mass is 16.5. The van der Waals surface area contributed by atoms with Crippen molar-refractivity contribution in [2.45, 2.75) is 45.6 Å². The van der Waals surface area contributed by atoms with E-state index in [1.807, 2.05) is 24.3 Å². The Morgan fingerprint density at radius 3 is 2.68 bits per heavy atom. The second kappa shape index (κ2) is 11.5. The van der Waals surface area contributed by atoms with Gasteiger partial charge in [0.15, 0.2) is 0 Å². The first-order valence-corrected chi connectivity index (χ1v) is 12.0. The van der Waals surface area contributed by atoms with E-state index in [0.717, 1.165) is 48.4 Å². The van der Waals surface area contributed by atoms with E-state index < -0.39 is 0 Å². The van der Waals surface area contributed by atoms with Crippen LogP contribution in [0.4, 0.5) is 0 Å². The van der Waals surface area contributed by atoms with Crippen LogP contribution < -0.4 is 10.1 Å². The number of ether oxygens (including phenoxy) is 1. The van der Waals surface area contributed by atoms with E-state index in [2.05, 4.69) is 53.0 Å². The molecule has 2 heterocycles. The summed E-state index contributed by atoms with van der Waals surface area (Å²) in [5.41, 5.74) is 3.96. The molecule has 6 nitrogen and oxygen atoms in total. The van der Waals surface area contributed by atoms with Crippen LogP contribution >= 0.6 is 0 Å². The number of aryl methyl sites for hydroxylation is 2. The van der Waals surface area contributed by atoms with E-state index in [-0.39, 0.29) is 5.91 Å². The third-order valence-electron chi connectivity index (χ3n) is 5.84. The minimum Gasteiger partial charge on any atom is -0.493 e. The van der Waals surface area contributed by atoms with Gasteiger partial charge in [-0.15, -0.1) is 0 Å². The minimum absolute atomic E-state index is 0.0968. The predicted molar refractivity (Wildman–Crippen MR) is 135 cm³/mol. The number of nitrogens with one attached hydrogen (secondary N) is 1. The molecule has 0 radical (unpaired) electrons. The van der Waals surface area contributed by atoms with Gasteiger partial charge in [0.1, 0.15) is 11.6 Å². The van der Waals surface area contributed by atoms with Gasteiger partial charge in [-0.3, -0.25) is 9.78 Å². The molecule has 1 amide bonds. The van der Waals surface area contributed by atoms with Crippen LogP contribution in [0.15, 0.2) is 73.1 Å². The average molecular weight is 457 g/mol. The van der Waals surface area contributed by atoms with Crippen LogP contribution in [0.2, 0.25) is 0 Å². The Morgan fingerprint density at radius 1 is 1.03 bits per heavy atom. The maximum atomic E-state index is 12.2. The van der Waals surface area contributed by atoms with Gasteiger partial charge in [0.2, 0.25) is 0 Å². The first-order chi connectivity index (χ1) is 16.6. The lowest BCUT2D eigenvalue weighted by atomic mass is 10.0. The highest BCUT2D eigenvalue weighted by Gasteiger charge is 2.12. The molecular weight excluding hydrogens is 424 g/mol. The van der Waals surface area contributed by atoms with Gasteiger partial charge in [-0.05, 0) is 54.7 Å². The molecular formula is C28H32N4O2. The van der Waals surface area contributed by atoms with Gasteiger partial charge in [-0.25, -0.2) is 4.98 Å². The second-order valence-corrected chi connectivity index (χ2v) is 8.66. The Balaban J connectivity index is 1.34. The maximum absolute atomic E-state index is 12.2. The number of para-hydroxylation sites is 3. The van der Waals surface area contributed by atoms with Crippen LogP contribution in [-0.4, -0.2) is 33.6 Å². The predicted octanol–water partition coefficient (Wildman–Crippen LogP) is 5.39. The normalized spacial score (nSPS) is 11.1. The highest BCUT2D eigenvalue weighted by Crippen LogP contribution is 2.26. The molecule has 176 valence electrons. The van der Waals surface area contributed by atoms with Crippen LogP contribution in [0.1, 0.15) is 54.4 Å². The van der Waals surface area contributed by atoms with Gasteiger partial charge in [-0.2, -0.15) is 0 Å². The summed E-state index contributed by atoms with van der Waals surface area (Å²) in [4.78, 5) is 21.1. The van der Waals surface area contributed by atoms with Crippen molar-refractivity contribution in [1.82, 2.24) is 19.9 Å². The van der Waals surface area contributed by atoms with Crippen LogP contribution in [0.3, 0.4) is 0 Å². The Kier molecular flexibility index (Phi) is 7.91. The number of benzene rings is 2. The Hall–Kier alpha value is -3.67. The molecule has 4 rings (SSSR count). The van der Waals surface area contributed by atoms with Crippen LogP contribution in [0.25, 0.3) is 11.0 Å². The van der Waals surface area contributed by atoms with Gasteiger partial charge in [0.05, 0.1) is 23.2 Å². The number of imidazole rings is 1. The maximum Gasteiger partial charge on any atom is 0.252 e. The molecule has 6 heteroatoms. The van der Waals surface area contributed by atoms with Crippen LogP contribution in [-0.2, 0) is 13.0 Å². The summed E-state index contributed by atoms with van der Waals surface area (Å²) >= 11 is 0. The summed E-state index contributed by atoms with van der Waals surface area (Å²) < 4.78 is 8.42. The topological polar surface area (TPSA) is 69.0 Å². The average Bonchev–Trinajstić information content (AvgIpc) is 3.22. The summed E-state index contributed by atoms with van der Waals surface area (Å²) in [5, 5.41) is 2.97. The Bertz CT molecular complexity index is 1220. The van der Waals surface area contributed by atoms with E-state index in [1.54, 1.807) is 24.5 Å². The molecule has 34 heavy (non-hydrogen) atoms. The third-order valence-corrected chi connectivity index (χ3v) is 5.84. The summed E-state index contributed by atoms with van der Waals surface area (Å²) in [6.45, 7) is 6.45. The fourth-order valence-electron chi connectivity index (χ4n) is 4.11. The van der Waals surface area contributed by atoms with Gasteiger partial charge in [0, 0.05) is 31.9 Å². The molecule has 4 aromatic rings. The van der Waals surface area contributed by atoms with Gasteiger partial charge >= 0.3 is 0 Å². The number of carbonyl (C=O) groups excluding carboxylic acids is 1. The Labute approximate surface area is 201 Å². The molecule has 2 aromatic carbocycles. The van der Waals surface area contributed by atoms with Crippen molar-refractivity contribution in [1.29, 1.82) is 0 Å². The molecule has 0 saturated heterocycles. The smallest absolute Gasteiger partial charge is 0.252 e. The Morgan fingerprint density at radius 2 is 1.85 bits per heavy atom. The van der Waals surface area contributed by atoms with Crippen molar-refractivity contribution in [2.24, 2.45) is 0 Å². The molecule has 0 unspecified atom stereocenters. The molecule has 0 saturated carbocycles. The van der Waals surface area contributed by atoms with Crippen molar-refractivity contribution in [3.05, 3.63) is 90.0 Å². The molecule has 1 N–H and O–H groups in total. The number of pyridine rings is 1. The number of rotatable bonds is 11. The highest BCUT2D eigenvalue weighted by molar-refractivity contribution is 5.93. The van der Waals surface area contributed by atoms with Gasteiger partial charge in [-0.1, -0.05) is 44.2 Å². The fraction of sp³-hybridized carbons (Fsp3) is 0.321. The van der Waals surface area contributed by atoms with Crippen LogP contribution in [0.5, 0.6) is 5.75 Å². The molecule has 0 aliphatic rings. The quantitative estimate of drug-likeness (QED) is 0.307. The number of carbonyl (C=O) groups is 1. The van der Waals surface area contributed by atoms with E-state index in [4.69, 9.17) is 9.72 Å². The van der Waals surface area contributed by atoms with Crippen LogP contribution in [0, 0.1) is 0 Å². The monoisotopic (exact) mass is 456 g/mol. The molecule has 0 aliphatic heterocycles. The number of aromatic nitrogens is 3. The lowest BCUT2D eigenvalue weighted by Gasteiger charge is -2.14. The van der Waals surface area contributed by atoms with E-state index in [0.29, 0.717) is 24.6 Å². The van der Waals surface area contributed by atoms with E-state index in [9.17, 15) is 4.79 Å². The van der Waals surface area contributed by atoms with E-state index in [1.165, 1.54) is 5.56 Å². The first-order valence-electron chi connectivity index (χ1n) is 12.0. The largest absolute Gasteiger partial charge is 0.493 e. The molecule has 0 bridgehead atoms. The summed E-state index contributed by atoms with van der Waals surface area (Å²) in [6, 6.07) is 20.0.